The molecule has 3 aromatic rings. The van der Waals surface area contributed by atoms with Gasteiger partial charge in [0.2, 0.25) is 0 Å². The SMILES string of the molecule is CCOc1ccccc1NC(=S)Nc1cnn(Cc2ccccc2C(=O)OC)c1. The maximum absolute atomic E-state index is 11.9. The predicted molar refractivity (Wildman–Crippen MR) is 117 cm³/mol. The fourth-order valence-electron chi connectivity index (χ4n) is 2.79. The van der Waals surface area contributed by atoms with Crippen LogP contribution in [0, 0.1) is 0 Å². The maximum atomic E-state index is 11.9. The summed E-state index contributed by atoms with van der Waals surface area (Å²) in [5.41, 5.74) is 2.85. The van der Waals surface area contributed by atoms with Crippen LogP contribution in [0.25, 0.3) is 0 Å². The van der Waals surface area contributed by atoms with E-state index in [0.717, 1.165) is 22.7 Å². The summed E-state index contributed by atoms with van der Waals surface area (Å²) in [4.78, 5) is 11.9. The van der Waals surface area contributed by atoms with Crippen molar-refractivity contribution in [2.24, 2.45) is 0 Å². The van der Waals surface area contributed by atoms with E-state index in [0.29, 0.717) is 23.8 Å². The van der Waals surface area contributed by atoms with E-state index in [1.807, 2.05) is 49.5 Å². The van der Waals surface area contributed by atoms with Crippen molar-refractivity contribution in [2.75, 3.05) is 24.4 Å². The van der Waals surface area contributed by atoms with Crippen LogP contribution in [0.15, 0.2) is 60.9 Å². The second-order valence-electron chi connectivity index (χ2n) is 6.08. The van der Waals surface area contributed by atoms with Crippen LogP contribution in [0.5, 0.6) is 5.75 Å². The van der Waals surface area contributed by atoms with Crippen LogP contribution in [-0.4, -0.2) is 34.6 Å². The van der Waals surface area contributed by atoms with Crippen molar-refractivity contribution in [3.05, 3.63) is 72.1 Å². The minimum atomic E-state index is -0.371. The van der Waals surface area contributed by atoms with Gasteiger partial charge in [-0.1, -0.05) is 30.3 Å². The molecule has 1 aromatic heterocycles. The number of para-hydroxylation sites is 2. The molecule has 0 amide bonds. The third kappa shape index (κ3) is 5.32. The number of benzene rings is 2. The molecule has 2 N–H and O–H groups in total. The molecule has 150 valence electrons. The highest BCUT2D eigenvalue weighted by atomic mass is 32.1. The van der Waals surface area contributed by atoms with Gasteiger partial charge in [-0.3, -0.25) is 4.68 Å². The third-order valence-corrected chi connectivity index (χ3v) is 4.29. The summed E-state index contributed by atoms with van der Waals surface area (Å²) in [6, 6.07) is 14.9. The number of anilines is 2. The van der Waals surface area contributed by atoms with Gasteiger partial charge in [-0.2, -0.15) is 5.10 Å². The summed E-state index contributed by atoms with van der Waals surface area (Å²) in [5.74, 6) is 0.360. The first-order chi connectivity index (χ1) is 14.1. The summed E-state index contributed by atoms with van der Waals surface area (Å²) in [6.07, 6.45) is 3.49. The lowest BCUT2D eigenvalue weighted by Gasteiger charge is -2.13. The Kier molecular flexibility index (Phi) is 6.80. The Morgan fingerprint density at radius 2 is 1.90 bits per heavy atom. The van der Waals surface area contributed by atoms with E-state index in [1.54, 1.807) is 23.0 Å². The van der Waals surface area contributed by atoms with Crippen LogP contribution in [0.1, 0.15) is 22.8 Å². The Balaban J connectivity index is 1.65. The van der Waals surface area contributed by atoms with Gasteiger partial charge in [0, 0.05) is 6.20 Å². The van der Waals surface area contributed by atoms with Crippen molar-refractivity contribution in [2.45, 2.75) is 13.5 Å². The molecule has 0 fully saturated rings. The summed E-state index contributed by atoms with van der Waals surface area (Å²) < 4.78 is 12.2. The van der Waals surface area contributed by atoms with Gasteiger partial charge in [-0.05, 0) is 42.9 Å². The second kappa shape index (κ2) is 9.70. The molecule has 0 atom stereocenters. The van der Waals surface area contributed by atoms with Crippen molar-refractivity contribution in [1.82, 2.24) is 9.78 Å². The molecule has 0 bridgehead atoms. The Labute approximate surface area is 174 Å². The number of hydrogen-bond donors (Lipinski definition) is 2. The van der Waals surface area contributed by atoms with E-state index in [2.05, 4.69) is 15.7 Å². The number of ether oxygens (including phenoxy) is 2. The Morgan fingerprint density at radius 1 is 1.14 bits per heavy atom. The van der Waals surface area contributed by atoms with Gasteiger partial charge in [0.15, 0.2) is 5.11 Å². The van der Waals surface area contributed by atoms with Gasteiger partial charge in [-0.25, -0.2) is 4.79 Å². The smallest absolute Gasteiger partial charge is 0.338 e. The topological polar surface area (TPSA) is 77.4 Å². The highest BCUT2D eigenvalue weighted by Gasteiger charge is 2.12. The summed E-state index contributed by atoms with van der Waals surface area (Å²) in [6.45, 7) is 2.93. The van der Waals surface area contributed by atoms with Crippen molar-refractivity contribution >= 4 is 34.7 Å². The first-order valence-corrected chi connectivity index (χ1v) is 9.50. The molecule has 8 heteroatoms. The number of thiocarbonyl (C=S) groups is 1. The molecule has 0 saturated heterocycles. The molecule has 1 heterocycles. The quantitative estimate of drug-likeness (QED) is 0.451. The highest BCUT2D eigenvalue weighted by Crippen LogP contribution is 2.24. The lowest BCUT2D eigenvalue weighted by Crippen LogP contribution is -2.19. The third-order valence-electron chi connectivity index (χ3n) is 4.08. The van der Waals surface area contributed by atoms with Crippen molar-refractivity contribution in [1.29, 1.82) is 0 Å². The minimum Gasteiger partial charge on any atom is -0.492 e. The van der Waals surface area contributed by atoms with Crippen LogP contribution in [0.3, 0.4) is 0 Å². The number of nitrogens with zero attached hydrogens (tertiary/aromatic N) is 2. The number of esters is 1. The number of carbonyl (C=O) groups excluding carboxylic acids is 1. The molecule has 0 saturated carbocycles. The fraction of sp³-hybridized carbons (Fsp3) is 0.190. The van der Waals surface area contributed by atoms with E-state index in [-0.39, 0.29) is 5.97 Å². The molecule has 0 aliphatic rings. The molecule has 29 heavy (non-hydrogen) atoms. The minimum absolute atomic E-state index is 0.371. The Hall–Kier alpha value is -3.39. The first kappa shape index (κ1) is 20.3. The summed E-state index contributed by atoms with van der Waals surface area (Å²) >= 11 is 5.40. The lowest BCUT2D eigenvalue weighted by atomic mass is 10.1. The molecule has 2 aromatic carbocycles. The normalized spacial score (nSPS) is 10.3. The molecule has 0 spiro atoms. The molecule has 0 aliphatic carbocycles. The van der Waals surface area contributed by atoms with Crippen molar-refractivity contribution in [3.8, 4) is 5.75 Å². The van der Waals surface area contributed by atoms with E-state index in [4.69, 9.17) is 21.7 Å². The lowest BCUT2D eigenvalue weighted by molar-refractivity contribution is 0.0599. The van der Waals surface area contributed by atoms with E-state index < -0.39 is 0 Å². The van der Waals surface area contributed by atoms with Crippen LogP contribution in [0.4, 0.5) is 11.4 Å². The number of rotatable bonds is 7. The average Bonchev–Trinajstić information content (AvgIpc) is 3.16. The van der Waals surface area contributed by atoms with Crippen LogP contribution in [0.2, 0.25) is 0 Å². The maximum Gasteiger partial charge on any atom is 0.338 e. The van der Waals surface area contributed by atoms with Gasteiger partial charge in [0.25, 0.3) is 0 Å². The van der Waals surface area contributed by atoms with Crippen molar-refractivity contribution in [3.63, 3.8) is 0 Å². The standard InChI is InChI=1S/C21H22N4O3S/c1-3-28-19-11-7-6-10-18(19)24-21(29)23-16-12-22-25(14-16)13-15-8-4-5-9-17(15)20(26)27-2/h4-12,14H,3,13H2,1-2H3,(H2,23,24,29). The van der Waals surface area contributed by atoms with Gasteiger partial charge >= 0.3 is 5.97 Å². The number of carbonyl (C=O) groups is 1. The molecular formula is C21H22N4O3S. The Bertz CT molecular complexity index is 1000. The van der Waals surface area contributed by atoms with Gasteiger partial charge < -0.3 is 20.1 Å². The van der Waals surface area contributed by atoms with E-state index >= 15 is 0 Å². The average molecular weight is 410 g/mol. The van der Waals surface area contributed by atoms with Crippen LogP contribution >= 0.6 is 12.2 Å². The second-order valence-corrected chi connectivity index (χ2v) is 6.49. The predicted octanol–water partition coefficient (Wildman–Crippen LogP) is 3.93. The van der Waals surface area contributed by atoms with E-state index in [1.165, 1.54) is 7.11 Å². The monoisotopic (exact) mass is 410 g/mol. The van der Waals surface area contributed by atoms with Crippen molar-refractivity contribution < 1.29 is 14.3 Å². The highest BCUT2D eigenvalue weighted by molar-refractivity contribution is 7.80. The number of aromatic nitrogens is 2. The van der Waals surface area contributed by atoms with Gasteiger partial charge in [0.05, 0.1) is 43.4 Å². The number of methoxy groups -OCH3 is 1. The van der Waals surface area contributed by atoms with Crippen LogP contribution in [-0.2, 0) is 11.3 Å². The molecule has 0 aliphatic heterocycles. The van der Waals surface area contributed by atoms with Gasteiger partial charge in [0.1, 0.15) is 5.75 Å². The Morgan fingerprint density at radius 3 is 2.69 bits per heavy atom. The van der Waals surface area contributed by atoms with E-state index in [9.17, 15) is 4.79 Å². The van der Waals surface area contributed by atoms with Gasteiger partial charge in [-0.15, -0.1) is 0 Å². The molecule has 0 unspecified atom stereocenters. The molecule has 3 rings (SSSR count). The molecule has 7 nitrogen and oxygen atoms in total. The zero-order valence-electron chi connectivity index (χ0n) is 16.2. The zero-order valence-corrected chi connectivity index (χ0v) is 17.0. The summed E-state index contributed by atoms with van der Waals surface area (Å²) in [5, 5.41) is 11.0. The first-order valence-electron chi connectivity index (χ1n) is 9.09. The largest absolute Gasteiger partial charge is 0.492 e. The zero-order chi connectivity index (χ0) is 20.6. The summed E-state index contributed by atoms with van der Waals surface area (Å²) in [7, 11) is 1.37. The number of hydrogen-bond acceptors (Lipinski definition) is 5. The molecular weight excluding hydrogens is 388 g/mol. The fourth-order valence-corrected chi connectivity index (χ4v) is 3.02. The number of nitrogens with one attached hydrogen (secondary N) is 2. The van der Waals surface area contributed by atoms with Crippen LogP contribution < -0.4 is 15.4 Å². The molecule has 0 radical (unpaired) electrons.